The number of oxime groups is 2. The number of hydrogen-bond donors (Lipinski definition) is 2. The van der Waals surface area contributed by atoms with Gasteiger partial charge in [-0.3, -0.25) is 0 Å². The summed E-state index contributed by atoms with van der Waals surface area (Å²) in [4.78, 5) is 0. The Morgan fingerprint density at radius 2 is 1.27 bits per heavy atom. The van der Waals surface area contributed by atoms with Gasteiger partial charge in [-0.25, -0.2) is 9.13 Å². The second-order valence-electron chi connectivity index (χ2n) is 4.63. The fraction of sp³-hybridized carbons (Fsp3) is 0.125. The van der Waals surface area contributed by atoms with Crippen LogP contribution in [0.4, 0.5) is 0 Å². The third kappa shape index (κ3) is 4.82. The van der Waals surface area contributed by atoms with Crippen LogP contribution >= 0.6 is 0 Å². The molecule has 2 N–H and O–H groups in total. The summed E-state index contributed by atoms with van der Waals surface area (Å²) in [5, 5.41) is 23.1. The van der Waals surface area contributed by atoms with Gasteiger partial charge in [-0.1, -0.05) is 10.3 Å². The summed E-state index contributed by atoms with van der Waals surface area (Å²) in [6.45, 7) is 1.46. The van der Waals surface area contributed by atoms with Crippen LogP contribution in [-0.4, -0.2) is 22.8 Å². The van der Waals surface area contributed by atoms with E-state index in [9.17, 15) is 0 Å². The van der Waals surface area contributed by atoms with Crippen LogP contribution in [0.25, 0.3) is 0 Å². The lowest BCUT2D eigenvalue weighted by Gasteiger charge is -1.94. The van der Waals surface area contributed by atoms with E-state index in [4.69, 9.17) is 10.4 Å². The average molecular weight is 298 g/mol. The highest BCUT2D eigenvalue weighted by molar-refractivity contribution is 5.78. The molecule has 2 aromatic rings. The Labute approximate surface area is 128 Å². The van der Waals surface area contributed by atoms with Gasteiger partial charge in [-0.2, -0.15) is 0 Å². The van der Waals surface area contributed by atoms with Gasteiger partial charge in [0.05, 0.1) is 23.6 Å². The highest BCUT2D eigenvalue weighted by atomic mass is 16.4. The molecule has 112 valence electrons. The summed E-state index contributed by atoms with van der Waals surface area (Å²) < 4.78 is 3.99. The lowest BCUT2D eigenvalue weighted by molar-refractivity contribution is -0.691. The first-order chi connectivity index (χ1) is 10.8. The molecule has 0 aliphatic carbocycles. The van der Waals surface area contributed by atoms with Crippen molar-refractivity contribution in [3.05, 3.63) is 72.3 Å². The molecule has 0 amide bonds. The second kappa shape index (κ2) is 8.31. The highest BCUT2D eigenvalue weighted by Gasteiger charge is 2.00. The van der Waals surface area contributed by atoms with Crippen molar-refractivity contribution >= 4 is 12.4 Å². The maximum atomic E-state index is 8.53. The van der Waals surface area contributed by atoms with Crippen LogP contribution in [0.15, 0.2) is 71.5 Å². The van der Waals surface area contributed by atoms with Crippen LogP contribution < -0.4 is 9.13 Å². The van der Waals surface area contributed by atoms with E-state index >= 15 is 0 Å². The molecule has 0 aliphatic heterocycles. The third-order valence-electron chi connectivity index (χ3n) is 2.97. The monoisotopic (exact) mass is 298 g/mol. The smallest absolute Gasteiger partial charge is 0.178 e. The maximum absolute atomic E-state index is 8.53. The molecule has 6 nitrogen and oxygen atoms in total. The van der Waals surface area contributed by atoms with Gasteiger partial charge in [-0.15, -0.1) is 0 Å². The summed E-state index contributed by atoms with van der Waals surface area (Å²) >= 11 is 0. The molecular formula is C16H18N4O2+2. The number of pyridine rings is 2. The van der Waals surface area contributed by atoms with E-state index in [2.05, 4.69) is 22.5 Å². The van der Waals surface area contributed by atoms with Crippen LogP contribution in [0.1, 0.15) is 11.1 Å². The van der Waals surface area contributed by atoms with Gasteiger partial charge in [0.1, 0.15) is 0 Å². The topological polar surface area (TPSA) is 72.9 Å². The summed E-state index contributed by atoms with van der Waals surface area (Å²) in [7, 11) is 0. The molecule has 0 fully saturated rings. The molecule has 2 aromatic heterocycles. The minimum atomic E-state index is 0.728. The van der Waals surface area contributed by atoms with Crippen LogP contribution in [-0.2, 0) is 13.1 Å². The van der Waals surface area contributed by atoms with Crippen molar-refractivity contribution < 1.29 is 19.5 Å². The average Bonchev–Trinajstić information content (AvgIpc) is 2.53. The summed E-state index contributed by atoms with van der Waals surface area (Å²) in [6, 6.07) is 7.53. The van der Waals surface area contributed by atoms with E-state index in [0.29, 0.717) is 0 Å². The van der Waals surface area contributed by atoms with Crippen molar-refractivity contribution in [3.8, 4) is 0 Å². The molecule has 6 heteroatoms. The third-order valence-corrected chi connectivity index (χ3v) is 2.97. The van der Waals surface area contributed by atoms with E-state index in [0.717, 1.165) is 24.2 Å². The van der Waals surface area contributed by atoms with Crippen molar-refractivity contribution in [1.29, 1.82) is 0 Å². The lowest BCUT2D eigenvalue weighted by Crippen LogP contribution is -2.34. The molecule has 0 atom stereocenters. The first kappa shape index (κ1) is 15.4. The Balaban J connectivity index is 1.93. The van der Waals surface area contributed by atoms with Crippen molar-refractivity contribution in [2.75, 3.05) is 0 Å². The quantitative estimate of drug-likeness (QED) is 0.276. The van der Waals surface area contributed by atoms with E-state index in [-0.39, 0.29) is 0 Å². The minimum absolute atomic E-state index is 0.728. The fourth-order valence-electron chi connectivity index (χ4n) is 1.99. The summed E-state index contributed by atoms with van der Waals surface area (Å²) in [5.41, 5.74) is 1.67. The first-order valence-corrected chi connectivity index (χ1v) is 6.80. The van der Waals surface area contributed by atoms with Crippen LogP contribution in [0.5, 0.6) is 0 Å². The van der Waals surface area contributed by atoms with Crippen LogP contribution in [0.2, 0.25) is 0 Å². The lowest BCUT2D eigenvalue weighted by atomic mass is 10.3. The minimum Gasteiger partial charge on any atom is -0.411 e. The molecule has 2 heterocycles. The number of hydrogen-bond acceptors (Lipinski definition) is 4. The van der Waals surface area contributed by atoms with E-state index in [1.807, 2.05) is 58.2 Å². The van der Waals surface area contributed by atoms with Crippen molar-refractivity contribution in [2.45, 2.75) is 13.1 Å². The molecule has 0 aromatic carbocycles. The Kier molecular flexibility index (Phi) is 5.80. The van der Waals surface area contributed by atoms with Gasteiger partial charge in [-0.05, 0) is 24.3 Å². The highest BCUT2D eigenvalue weighted by Crippen LogP contribution is 1.91. The normalized spacial score (nSPS) is 11.8. The van der Waals surface area contributed by atoms with Gasteiger partial charge < -0.3 is 10.4 Å². The van der Waals surface area contributed by atoms with E-state index in [1.165, 1.54) is 12.4 Å². The standard InChI is InChI=1S/C16H16N4O2/c21-17-11-15-5-3-9-19(13-15)7-1-2-8-20-10-4-6-16(14-20)12-18-22/h1-6,9-14H,7-8H2/p+2/b2-1+,17-11-,18-12-. The SMILES string of the molecule is O/N=C\c1ccc[n+](C/C=C/C[n+]2cccc(/C=N\O)c2)c1. The van der Waals surface area contributed by atoms with Crippen LogP contribution in [0.3, 0.4) is 0 Å². The predicted octanol–water partition coefficient (Wildman–Crippen LogP) is 1.13. The molecule has 2 rings (SSSR count). The first-order valence-electron chi connectivity index (χ1n) is 6.80. The van der Waals surface area contributed by atoms with E-state index < -0.39 is 0 Å². The van der Waals surface area contributed by atoms with E-state index in [1.54, 1.807) is 0 Å². The second-order valence-corrected chi connectivity index (χ2v) is 4.63. The molecular weight excluding hydrogens is 280 g/mol. The van der Waals surface area contributed by atoms with Gasteiger partial charge in [0.15, 0.2) is 37.9 Å². The molecule has 0 bridgehead atoms. The van der Waals surface area contributed by atoms with Crippen molar-refractivity contribution in [2.24, 2.45) is 10.3 Å². The largest absolute Gasteiger partial charge is 0.411 e. The van der Waals surface area contributed by atoms with Gasteiger partial charge in [0.2, 0.25) is 0 Å². The molecule has 0 unspecified atom stereocenters. The molecule has 22 heavy (non-hydrogen) atoms. The van der Waals surface area contributed by atoms with Crippen molar-refractivity contribution in [3.63, 3.8) is 0 Å². The molecule has 0 saturated heterocycles. The number of rotatable bonds is 6. The zero-order valence-corrected chi connectivity index (χ0v) is 12.0. The summed E-state index contributed by atoms with van der Waals surface area (Å²) in [6.07, 6.45) is 14.6. The fourth-order valence-corrected chi connectivity index (χ4v) is 1.99. The van der Waals surface area contributed by atoms with Gasteiger partial charge >= 0.3 is 0 Å². The molecule has 0 saturated carbocycles. The van der Waals surface area contributed by atoms with Gasteiger partial charge in [0, 0.05) is 12.1 Å². The summed E-state index contributed by atoms with van der Waals surface area (Å²) in [5.74, 6) is 0. The Bertz CT molecular complexity index is 637. The predicted molar refractivity (Wildman–Crippen MR) is 81.2 cm³/mol. The van der Waals surface area contributed by atoms with Crippen LogP contribution in [0, 0.1) is 0 Å². The van der Waals surface area contributed by atoms with Gasteiger partial charge in [0.25, 0.3) is 0 Å². The molecule has 0 spiro atoms. The maximum Gasteiger partial charge on any atom is 0.178 e. The Morgan fingerprint density at radius 3 is 1.68 bits per heavy atom. The number of nitrogens with zero attached hydrogens (tertiary/aromatic N) is 4. The zero-order valence-electron chi connectivity index (χ0n) is 12.0. The van der Waals surface area contributed by atoms with Crippen molar-refractivity contribution in [1.82, 2.24) is 0 Å². The molecule has 0 radical (unpaired) electrons. The molecule has 0 aliphatic rings. The Morgan fingerprint density at radius 1 is 0.818 bits per heavy atom. The number of allylic oxidation sites excluding steroid dienone is 2. The zero-order chi connectivity index (χ0) is 15.6. The number of aromatic nitrogens is 2. The Hall–Kier alpha value is -3.02.